The van der Waals surface area contributed by atoms with Crippen LogP contribution in [0.2, 0.25) is 0 Å². The van der Waals surface area contributed by atoms with Crippen LogP contribution in [-0.4, -0.2) is 49.7 Å². The van der Waals surface area contributed by atoms with Crippen LogP contribution in [0.4, 0.5) is 0 Å². The Morgan fingerprint density at radius 3 is 3.20 bits per heavy atom. The molecule has 1 aliphatic heterocycles. The Morgan fingerprint density at radius 1 is 1.50 bits per heavy atom. The second-order valence-electron chi connectivity index (χ2n) is 5.76. The Morgan fingerprint density at radius 2 is 2.40 bits per heavy atom. The highest BCUT2D eigenvalue weighted by atomic mass is 32.1. The number of nitrogens with zero attached hydrogens (tertiary/aromatic N) is 2. The predicted molar refractivity (Wildman–Crippen MR) is 82.5 cm³/mol. The van der Waals surface area contributed by atoms with E-state index in [1.54, 1.807) is 0 Å². The molecule has 0 aromatic carbocycles. The minimum atomic E-state index is 0.189. The highest BCUT2D eigenvalue weighted by molar-refractivity contribution is 7.11. The van der Waals surface area contributed by atoms with Crippen LogP contribution in [0.1, 0.15) is 47.4 Å². The standard InChI is InChI=1S/C15H25N3OS/c1-3-18-7-8-19-12(10-18)15-17-14-11(9-16-2)5-4-6-13(14)20-15/h11-12,16H,3-10H2,1-2H3. The van der Waals surface area contributed by atoms with Gasteiger partial charge in [0.25, 0.3) is 0 Å². The predicted octanol–water partition coefficient (Wildman–Crippen LogP) is 2.18. The molecule has 3 rings (SSSR count). The van der Waals surface area contributed by atoms with Gasteiger partial charge in [0, 0.05) is 30.4 Å². The van der Waals surface area contributed by atoms with Gasteiger partial charge in [-0.15, -0.1) is 11.3 Å². The van der Waals surface area contributed by atoms with E-state index in [1.165, 1.54) is 34.8 Å². The molecule has 0 bridgehead atoms. The van der Waals surface area contributed by atoms with Crippen molar-refractivity contribution in [3.8, 4) is 0 Å². The minimum absolute atomic E-state index is 0.189. The lowest BCUT2D eigenvalue weighted by Crippen LogP contribution is -2.38. The summed E-state index contributed by atoms with van der Waals surface area (Å²) in [6.45, 7) is 7.26. The number of nitrogens with one attached hydrogen (secondary N) is 1. The number of hydrogen-bond donors (Lipinski definition) is 1. The van der Waals surface area contributed by atoms with E-state index in [0.717, 1.165) is 32.8 Å². The van der Waals surface area contributed by atoms with Gasteiger partial charge >= 0.3 is 0 Å². The molecule has 1 aromatic heterocycles. The Kier molecular flexibility index (Phi) is 4.71. The van der Waals surface area contributed by atoms with Gasteiger partial charge in [0.2, 0.25) is 0 Å². The van der Waals surface area contributed by atoms with Crippen molar-refractivity contribution in [2.45, 2.75) is 38.2 Å². The van der Waals surface area contributed by atoms with Gasteiger partial charge in [-0.1, -0.05) is 6.92 Å². The number of thiazole rings is 1. The Labute approximate surface area is 125 Å². The average molecular weight is 295 g/mol. The fraction of sp³-hybridized carbons (Fsp3) is 0.800. The van der Waals surface area contributed by atoms with Crippen LogP contribution in [0.15, 0.2) is 0 Å². The van der Waals surface area contributed by atoms with Crippen LogP contribution in [-0.2, 0) is 11.2 Å². The highest BCUT2D eigenvalue weighted by Gasteiger charge is 2.29. The van der Waals surface area contributed by atoms with Crippen molar-refractivity contribution in [1.29, 1.82) is 0 Å². The molecule has 1 saturated heterocycles. The molecule has 1 aromatic rings. The van der Waals surface area contributed by atoms with Gasteiger partial charge in [-0.25, -0.2) is 4.98 Å². The third-order valence-electron chi connectivity index (χ3n) is 4.41. The van der Waals surface area contributed by atoms with Gasteiger partial charge in [-0.05, 0) is 32.9 Å². The summed E-state index contributed by atoms with van der Waals surface area (Å²) in [5.74, 6) is 0.597. The molecule has 0 spiro atoms. The lowest BCUT2D eigenvalue weighted by Gasteiger charge is -2.30. The normalized spacial score (nSPS) is 27.5. The first-order chi connectivity index (χ1) is 9.81. The van der Waals surface area contributed by atoms with Gasteiger partial charge in [-0.3, -0.25) is 4.90 Å². The first-order valence-corrected chi connectivity index (χ1v) is 8.61. The SMILES string of the molecule is CCN1CCOC(c2nc3c(s2)CCCC3CNC)C1. The average Bonchev–Trinajstić information content (AvgIpc) is 2.93. The maximum Gasteiger partial charge on any atom is 0.123 e. The molecule has 2 aliphatic rings. The molecule has 2 unspecified atom stereocenters. The van der Waals surface area contributed by atoms with Crippen LogP contribution >= 0.6 is 11.3 Å². The molecule has 4 nitrogen and oxygen atoms in total. The number of aryl methyl sites for hydroxylation is 1. The summed E-state index contributed by atoms with van der Waals surface area (Å²) < 4.78 is 5.96. The highest BCUT2D eigenvalue weighted by Crippen LogP contribution is 2.37. The Balaban J connectivity index is 1.78. The number of hydrogen-bond acceptors (Lipinski definition) is 5. The van der Waals surface area contributed by atoms with Crippen LogP contribution < -0.4 is 5.32 Å². The number of aromatic nitrogens is 1. The van der Waals surface area contributed by atoms with Crippen molar-refractivity contribution in [1.82, 2.24) is 15.2 Å². The van der Waals surface area contributed by atoms with E-state index in [2.05, 4.69) is 17.1 Å². The molecule has 1 fully saturated rings. The Hall–Kier alpha value is -0.490. The van der Waals surface area contributed by atoms with Gasteiger partial charge in [-0.2, -0.15) is 0 Å². The third-order valence-corrected chi connectivity index (χ3v) is 5.63. The molecule has 0 saturated carbocycles. The maximum atomic E-state index is 5.96. The van der Waals surface area contributed by atoms with Gasteiger partial charge < -0.3 is 10.1 Å². The largest absolute Gasteiger partial charge is 0.368 e. The first-order valence-electron chi connectivity index (χ1n) is 7.79. The topological polar surface area (TPSA) is 37.4 Å². The zero-order valence-corrected chi connectivity index (χ0v) is 13.3. The van der Waals surface area contributed by atoms with Crippen molar-refractivity contribution >= 4 is 11.3 Å². The summed E-state index contributed by atoms with van der Waals surface area (Å²) in [4.78, 5) is 8.93. The summed E-state index contributed by atoms with van der Waals surface area (Å²) in [7, 11) is 2.03. The molecule has 112 valence electrons. The fourth-order valence-corrected chi connectivity index (χ4v) is 4.48. The van der Waals surface area contributed by atoms with E-state index < -0.39 is 0 Å². The molecule has 20 heavy (non-hydrogen) atoms. The molecular weight excluding hydrogens is 270 g/mol. The minimum Gasteiger partial charge on any atom is -0.368 e. The lowest BCUT2D eigenvalue weighted by molar-refractivity contribution is -0.0283. The fourth-order valence-electron chi connectivity index (χ4n) is 3.25. The summed E-state index contributed by atoms with van der Waals surface area (Å²) >= 11 is 1.89. The van der Waals surface area contributed by atoms with Gasteiger partial charge in [0.15, 0.2) is 0 Å². The number of ether oxygens (including phenoxy) is 1. The van der Waals surface area contributed by atoms with Crippen molar-refractivity contribution in [2.75, 3.05) is 39.8 Å². The number of fused-ring (bicyclic) bond motifs is 1. The molecule has 2 atom stereocenters. The van der Waals surface area contributed by atoms with Crippen LogP contribution in [0, 0.1) is 0 Å². The molecule has 1 aliphatic carbocycles. The molecule has 5 heteroatoms. The van der Waals surface area contributed by atoms with E-state index in [4.69, 9.17) is 9.72 Å². The zero-order valence-electron chi connectivity index (χ0n) is 12.5. The molecule has 0 amide bonds. The number of rotatable bonds is 4. The van der Waals surface area contributed by atoms with Gasteiger partial charge in [0.1, 0.15) is 11.1 Å². The van der Waals surface area contributed by atoms with E-state index in [0.29, 0.717) is 5.92 Å². The molecular formula is C15H25N3OS. The van der Waals surface area contributed by atoms with Crippen LogP contribution in [0.25, 0.3) is 0 Å². The second kappa shape index (κ2) is 6.52. The molecule has 0 radical (unpaired) electrons. The van der Waals surface area contributed by atoms with Crippen molar-refractivity contribution in [3.05, 3.63) is 15.6 Å². The molecule has 2 heterocycles. The quantitative estimate of drug-likeness (QED) is 0.924. The summed E-state index contributed by atoms with van der Waals surface area (Å²) in [5, 5.41) is 4.51. The summed E-state index contributed by atoms with van der Waals surface area (Å²) in [6.07, 6.45) is 3.96. The van der Waals surface area contributed by atoms with E-state index >= 15 is 0 Å². The van der Waals surface area contributed by atoms with Crippen molar-refractivity contribution in [2.24, 2.45) is 0 Å². The smallest absolute Gasteiger partial charge is 0.123 e. The monoisotopic (exact) mass is 295 g/mol. The van der Waals surface area contributed by atoms with E-state index in [9.17, 15) is 0 Å². The van der Waals surface area contributed by atoms with Crippen LogP contribution in [0.3, 0.4) is 0 Å². The van der Waals surface area contributed by atoms with E-state index in [1.807, 2.05) is 18.4 Å². The first kappa shape index (κ1) is 14.4. The lowest BCUT2D eigenvalue weighted by atomic mass is 9.91. The summed E-state index contributed by atoms with van der Waals surface area (Å²) in [6, 6.07) is 0. The Bertz CT molecular complexity index is 448. The van der Waals surface area contributed by atoms with Crippen molar-refractivity contribution < 1.29 is 4.74 Å². The second-order valence-corrected chi connectivity index (χ2v) is 6.88. The number of morpholine rings is 1. The molecule has 1 N–H and O–H groups in total. The summed E-state index contributed by atoms with van der Waals surface area (Å²) in [5.41, 5.74) is 1.35. The third kappa shape index (κ3) is 2.91. The van der Waals surface area contributed by atoms with Crippen LogP contribution in [0.5, 0.6) is 0 Å². The van der Waals surface area contributed by atoms with E-state index in [-0.39, 0.29) is 6.10 Å². The van der Waals surface area contributed by atoms with Crippen molar-refractivity contribution in [3.63, 3.8) is 0 Å². The number of likely N-dealkylation sites (N-methyl/N-ethyl adjacent to an activating group) is 2. The maximum absolute atomic E-state index is 5.96. The van der Waals surface area contributed by atoms with Gasteiger partial charge in [0.05, 0.1) is 12.3 Å². The zero-order chi connectivity index (χ0) is 13.9.